The predicted molar refractivity (Wildman–Crippen MR) is 109 cm³/mol. The topological polar surface area (TPSA) is 46.0 Å². The fraction of sp³-hybridized carbons (Fsp3) is 0.211. The summed E-state index contributed by atoms with van der Waals surface area (Å²) in [5, 5.41) is 11.6. The Morgan fingerprint density at radius 2 is 1.88 bits per heavy atom. The first-order valence-corrected chi connectivity index (χ1v) is 9.13. The van der Waals surface area contributed by atoms with Gasteiger partial charge < -0.3 is 0 Å². The first-order valence-electron chi connectivity index (χ1n) is 7.93. The normalized spacial score (nSPS) is 12.0. The molecular weight excluding hydrogens is 396 g/mol. The highest BCUT2D eigenvalue weighted by Gasteiger charge is 2.14. The van der Waals surface area contributed by atoms with Crippen LogP contribution in [0.1, 0.15) is 31.9 Å². The van der Waals surface area contributed by atoms with Crippen molar-refractivity contribution in [3.63, 3.8) is 0 Å². The molecule has 3 rings (SSSR count). The highest BCUT2D eigenvalue weighted by molar-refractivity contribution is 9.10. The molecule has 0 amide bonds. The minimum absolute atomic E-state index is 0.113. The number of nitrogens with zero attached hydrogens (tertiary/aromatic N) is 3. The van der Waals surface area contributed by atoms with Crippen molar-refractivity contribution in [1.82, 2.24) is 14.9 Å². The fourth-order valence-corrected chi connectivity index (χ4v) is 3.01. The highest BCUT2D eigenvalue weighted by atomic mass is 79.9. The number of benzene rings is 2. The van der Waals surface area contributed by atoms with Crippen molar-refractivity contribution in [2.24, 2.45) is 5.10 Å². The summed E-state index contributed by atoms with van der Waals surface area (Å²) in [6.45, 7) is 6.58. The smallest absolute Gasteiger partial charge is 0.216 e. The molecule has 6 heteroatoms. The third-order valence-corrected chi connectivity index (χ3v) is 4.59. The molecule has 1 heterocycles. The maximum Gasteiger partial charge on any atom is 0.216 e. The first kappa shape index (κ1) is 17.8. The molecule has 0 fully saturated rings. The van der Waals surface area contributed by atoms with E-state index >= 15 is 0 Å². The van der Waals surface area contributed by atoms with Gasteiger partial charge in [0.2, 0.25) is 4.77 Å². The lowest BCUT2D eigenvalue weighted by molar-refractivity contribution is 0.590. The molecule has 4 nitrogen and oxygen atoms in total. The highest BCUT2D eigenvalue weighted by Crippen LogP contribution is 2.25. The predicted octanol–water partition coefficient (Wildman–Crippen LogP) is 5.55. The van der Waals surface area contributed by atoms with Crippen LogP contribution in [-0.2, 0) is 5.41 Å². The zero-order valence-corrected chi connectivity index (χ0v) is 16.7. The maximum atomic E-state index is 5.32. The van der Waals surface area contributed by atoms with E-state index in [0.717, 1.165) is 15.6 Å². The van der Waals surface area contributed by atoms with Crippen molar-refractivity contribution in [3.05, 3.63) is 68.9 Å². The average molecular weight is 415 g/mol. The minimum Gasteiger partial charge on any atom is -0.250 e. The average Bonchev–Trinajstić information content (AvgIpc) is 2.93. The number of rotatable bonds is 3. The summed E-state index contributed by atoms with van der Waals surface area (Å²) in [5.74, 6) is 0.691. The van der Waals surface area contributed by atoms with Gasteiger partial charge in [-0.1, -0.05) is 73.1 Å². The molecule has 2 aromatic carbocycles. The summed E-state index contributed by atoms with van der Waals surface area (Å²) in [7, 11) is 0. The molecule has 0 bridgehead atoms. The van der Waals surface area contributed by atoms with Crippen LogP contribution in [0.15, 0.2) is 58.1 Å². The number of aromatic nitrogens is 3. The Kier molecular flexibility index (Phi) is 5.01. The second kappa shape index (κ2) is 7.06. The summed E-state index contributed by atoms with van der Waals surface area (Å²) in [5.41, 5.74) is 3.33. The molecule has 25 heavy (non-hydrogen) atoms. The molecule has 0 aliphatic carbocycles. The standard InChI is InChI=1S/C19H19BrN4S/c1-19(2,3)15-9-7-14(8-10-15)17-22-23-18(25)24(17)21-12-13-5-4-6-16(20)11-13/h4-12H,1-3H3,(H,23,25). The minimum atomic E-state index is 0.113. The van der Waals surface area contributed by atoms with Crippen molar-refractivity contribution in [3.8, 4) is 11.4 Å². The molecule has 0 saturated heterocycles. The molecule has 0 saturated carbocycles. The molecular formula is C19H19BrN4S. The Labute approximate surface area is 160 Å². The second-order valence-corrected chi connectivity index (χ2v) is 8.09. The van der Waals surface area contributed by atoms with Crippen molar-refractivity contribution >= 4 is 34.4 Å². The number of hydrogen-bond donors (Lipinski definition) is 1. The third kappa shape index (κ3) is 4.14. The zero-order valence-electron chi connectivity index (χ0n) is 14.3. The van der Waals surface area contributed by atoms with E-state index in [0.29, 0.717) is 10.6 Å². The number of H-pyrrole nitrogens is 1. The van der Waals surface area contributed by atoms with Crippen molar-refractivity contribution in [2.75, 3.05) is 0 Å². The Balaban J connectivity index is 1.96. The largest absolute Gasteiger partial charge is 0.250 e. The van der Waals surface area contributed by atoms with Crippen molar-refractivity contribution in [2.45, 2.75) is 26.2 Å². The van der Waals surface area contributed by atoms with Gasteiger partial charge in [-0.2, -0.15) is 14.9 Å². The molecule has 128 valence electrons. The van der Waals surface area contributed by atoms with E-state index in [4.69, 9.17) is 12.2 Å². The van der Waals surface area contributed by atoms with Gasteiger partial charge in [0, 0.05) is 10.0 Å². The second-order valence-electron chi connectivity index (χ2n) is 6.79. The summed E-state index contributed by atoms with van der Waals surface area (Å²) in [6, 6.07) is 16.3. The van der Waals surface area contributed by atoms with Gasteiger partial charge >= 0.3 is 0 Å². The number of halogens is 1. The number of hydrogen-bond acceptors (Lipinski definition) is 3. The van der Waals surface area contributed by atoms with Crippen LogP contribution < -0.4 is 0 Å². The van der Waals surface area contributed by atoms with Crippen molar-refractivity contribution < 1.29 is 0 Å². The Bertz CT molecular complexity index is 962. The van der Waals surface area contributed by atoms with Crippen LogP contribution in [0.2, 0.25) is 0 Å². The maximum absolute atomic E-state index is 5.32. The van der Waals surface area contributed by atoms with Gasteiger partial charge in [0.25, 0.3) is 0 Å². The van der Waals surface area contributed by atoms with Crippen LogP contribution in [0, 0.1) is 4.77 Å². The van der Waals surface area contributed by atoms with Gasteiger partial charge in [0.15, 0.2) is 5.82 Å². The quantitative estimate of drug-likeness (QED) is 0.450. The summed E-state index contributed by atoms with van der Waals surface area (Å²) in [4.78, 5) is 0. The molecule has 1 N–H and O–H groups in total. The first-order chi connectivity index (χ1) is 11.8. The molecule has 0 spiro atoms. The van der Waals surface area contributed by atoms with Gasteiger partial charge in [-0.3, -0.25) is 0 Å². The molecule has 3 aromatic rings. The van der Waals surface area contributed by atoms with Crippen LogP contribution in [0.3, 0.4) is 0 Å². The Hall–Kier alpha value is -2.05. The zero-order chi connectivity index (χ0) is 18.0. The van der Waals surface area contributed by atoms with E-state index in [1.54, 1.807) is 10.9 Å². The van der Waals surface area contributed by atoms with Gasteiger partial charge in [0.1, 0.15) is 0 Å². The third-order valence-electron chi connectivity index (χ3n) is 3.83. The lowest BCUT2D eigenvalue weighted by Gasteiger charge is -2.18. The van der Waals surface area contributed by atoms with E-state index in [1.807, 2.05) is 24.3 Å². The van der Waals surface area contributed by atoms with Crippen LogP contribution in [-0.4, -0.2) is 21.1 Å². The van der Waals surface area contributed by atoms with Crippen molar-refractivity contribution in [1.29, 1.82) is 0 Å². The van der Waals surface area contributed by atoms with Gasteiger partial charge in [-0.15, -0.1) is 0 Å². The van der Waals surface area contributed by atoms with Gasteiger partial charge in [0.05, 0.1) is 6.21 Å². The summed E-state index contributed by atoms with van der Waals surface area (Å²) in [6.07, 6.45) is 1.77. The van der Waals surface area contributed by atoms with Crippen LogP contribution in [0.25, 0.3) is 11.4 Å². The number of nitrogens with one attached hydrogen (secondary N) is 1. The molecule has 0 atom stereocenters. The van der Waals surface area contributed by atoms with E-state index in [1.165, 1.54) is 5.56 Å². The van der Waals surface area contributed by atoms with Gasteiger partial charge in [-0.05, 0) is 40.9 Å². The molecule has 0 radical (unpaired) electrons. The lowest BCUT2D eigenvalue weighted by atomic mass is 9.87. The van der Waals surface area contributed by atoms with E-state index in [2.05, 4.69) is 76.3 Å². The fourth-order valence-electron chi connectivity index (χ4n) is 2.42. The van der Waals surface area contributed by atoms with E-state index < -0.39 is 0 Å². The number of aromatic amines is 1. The van der Waals surface area contributed by atoms with Crippen LogP contribution >= 0.6 is 28.1 Å². The summed E-state index contributed by atoms with van der Waals surface area (Å²) >= 11 is 8.78. The van der Waals surface area contributed by atoms with Gasteiger partial charge in [-0.25, -0.2) is 5.10 Å². The molecule has 0 unspecified atom stereocenters. The van der Waals surface area contributed by atoms with E-state index in [-0.39, 0.29) is 5.41 Å². The van der Waals surface area contributed by atoms with Crippen LogP contribution in [0.5, 0.6) is 0 Å². The summed E-state index contributed by atoms with van der Waals surface area (Å²) < 4.78 is 3.11. The lowest BCUT2D eigenvalue weighted by Crippen LogP contribution is -2.10. The molecule has 0 aliphatic rings. The molecule has 0 aliphatic heterocycles. The SMILES string of the molecule is CC(C)(C)c1ccc(-c2n[nH]c(=S)n2N=Cc2cccc(Br)c2)cc1. The Morgan fingerprint density at radius 3 is 2.52 bits per heavy atom. The van der Waals surface area contributed by atoms with Crippen LogP contribution in [0.4, 0.5) is 0 Å². The Morgan fingerprint density at radius 1 is 1.16 bits per heavy atom. The van der Waals surface area contributed by atoms with E-state index in [9.17, 15) is 0 Å². The molecule has 1 aromatic heterocycles. The monoisotopic (exact) mass is 414 g/mol.